The van der Waals surface area contributed by atoms with Crippen molar-refractivity contribution in [1.82, 2.24) is 14.8 Å². The standard InChI is InChI=1S/C17H22N4O3/c22-10-9-20-5-7-21(8-6-20)17(23)18-13-3-4-14-15(11-13)24-16(19-14)12-1-2-12/h3-4,11-12,22H,1-2,5-10H2,(H,18,23). The normalized spacial score (nSPS) is 19.0. The van der Waals surface area contributed by atoms with Crippen LogP contribution in [0.1, 0.15) is 24.7 Å². The van der Waals surface area contributed by atoms with E-state index in [0.717, 1.165) is 48.6 Å². The van der Waals surface area contributed by atoms with Crippen molar-refractivity contribution in [3.8, 4) is 0 Å². The second-order valence-corrected chi connectivity index (χ2v) is 6.49. The summed E-state index contributed by atoms with van der Waals surface area (Å²) in [5, 5.41) is 11.9. The second kappa shape index (κ2) is 6.41. The number of nitrogens with zero attached hydrogens (tertiary/aromatic N) is 3. The Morgan fingerprint density at radius 2 is 2.08 bits per heavy atom. The van der Waals surface area contributed by atoms with E-state index in [1.807, 2.05) is 18.2 Å². The molecule has 0 unspecified atom stereocenters. The van der Waals surface area contributed by atoms with Crippen molar-refractivity contribution in [2.24, 2.45) is 0 Å². The predicted molar refractivity (Wildman–Crippen MR) is 90.1 cm³/mol. The summed E-state index contributed by atoms with van der Waals surface area (Å²) in [4.78, 5) is 20.8. The zero-order valence-electron chi connectivity index (χ0n) is 13.6. The molecule has 0 radical (unpaired) electrons. The van der Waals surface area contributed by atoms with Gasteiger partial charge in [0.1, 0.15) is 5.52 Å². The molecule has 2 heterocycles. The number of nitrogens with one attached hydrogen (secondary N) is 1. The van der Waals surface area contributed by atoms with Gasteiger partial charge in [-0.1, -0.05) is 0 Å². The molecular formula is C17H22N4O3. The molecule has 7 heteroatoms. The summed E-state index contributed by atoms with van der Waals surface area (Å²) in [5.74, 6) is 1.29. The van der Waals surface area contributed by atoms with Crippen molar-refractivity contribution < 1.29 is 14.3 Å². The van der Waals surface area contributed by atoms with Gasteiger partial charge in [0.2, 0.25) is 0 Å². The highest BCUT2D eigenvalue weighted by atomic mass is 16.3. The van der Waals surface area contributed by atoms with Crippen molar-refractivity contribution in [3.05, 3.63) is 24.1 Å². The van der Waals surface area contributed by atoms with Gasteiger partial charge in [-0.05, 0) is 25.0 Å². The number of oxazole rings is 1. The highest BCUT2D eigenvalue weighted by molar-refractivity contribution is 5.91. The number of fused-ring (bicyclic) bond motifs is 1. The lowest BCUT2D eigenvalue weighted by Gasteiger charge is -2.34. The third-order valence-electron chi connectivity index (χ3n) is 4.66. The van der Waals surface area contributed by atoms with Gasteiger partial charge in [-0.15, -0.1) is 0 Å². The highest BCUT2D eigenvalue weighted by Gasteiger charge is 2.29. The summed E-state index contributed by atoms with van der Waals surface area (Å²) in [7, 11) is 0. The zero-order valence-corrected chi connectivity index (χ0v) is 13.6. The van der Waals surface area contributed by atoms with Crippen LogP contribution in [-0.4, -0.2) is 65.3 Å². The quantitative estimate of drug-likeness (QED) is 0.894. The largest absolute Gasteiger partial charge is 0.440 e. The second-order valence-electron chi connectivity index (χ2n) is 6.49. The molecule has 7 nitrogen and oxygen atoms in total. The Bertz CT molecular complexity index is 733. The minimum atomic E-state index is -0.0973. The van der Waals surface area contributed by atoms with E-state index in [0.29, 0.717) is 25.6 Å². The van der Waals surface area contributed by atoms with Crippen molar-refractivity contribution >= 4 is 22.8 Å². The number of rotatable bonds is 4. The molecule has 1 aromatic heterocycles. The van der Waals surface area contributed by atoms with Gasteiger partial charge in [0.15, 0.2) is 11.5 Å². The molecular weight excluding hydrogens is 308 g/mol. The minimum Gasteiger partial charge on any atom is -0.440 e. The van der Waals surface area contributed by atoms with Gasteiger partial charge in [-0.3, -0.25) is 4.90 Å². The van der Waals surface area contributed by atoms with E-state index in [1.165, 1.54) is 0 Å². The number of benzene rings is 1. The Kier molecular flexibility index (Phi) is 4.12. The number of aliphatic hydroxyl groups is 1. The molecule has 0 spiro atoms. The zero-order chi connectivity index (χ0) is 16.5. The number of carbonyl (C=O) groups excluding carboxylic acids is 1. The van der Waals surface area contributed by atoms with Crippen LogP contribution in [0, 0.1) is 0 Å². The number of urea groups is 1. The summed E-state index contributed by atoms with van der Waals surface area (Å²) in [6.07, 6.45) is 2.30. The number of carbonyl (C=O) groups is 1. The van der Waals surface area contributed by atoms with Crippen molar-refractivity contribution in [2.75, 3.05) is 44.6 Å². The van der Waals surface area contributed by atoms with E-state index in [-0.39, 0.29) is 12.6 Å². The van der Waals surface area contributed by atoms with Crippen LogP contribution in [0.3, 0.4) is 0 Å². The number of aromatic nitrogens is 1. The summed E-state index contributed by atoms with van der Waals surface area (Å²) in [6.45, 7) is 3.75. The Hall–Kier alpha value is -2.12. The van der Waals surface area contributed by atoms with E-state index in [9.17, 15) is 4.79 Å². The van der Waals surface area contributed by atoms with Crippen molar-refractivity contribution in [3.63, 3.8) is 0 Å². The topological polar surface area (TPSA) is 81.8 Å². The van der Waals surface area contributed by atoms with E-state index in [1.54, 1.807) is 4.90 Å². The molecule has 1 saturated heterocycles. The lowest BCUT2D eigenvalue weighted by atomic mass is 10.3. The van der Waals surface area contributed by atoms with Crippen LogP contribution >= 0.6 is 0 Å². The lowest BCUT2D eigenvalue weighted by molar-refractivity contribution is 0.127. The maximum absolute atomic E-state index is 12.4. The summed E-state index contributed by atoms with van der Waals surface area (Å²) in [6, 6.07) is 5.50. The first-order valence-corrected chi connectivity index (χ1v) is 8.52. The maximum atomic E-state index is 12.4. The summed E-state index contributed by atoms with van der Waals surface area (Å²) < 4.78 is 5.79. The molecule has 0 bridgehead atoms. The molecule has 2 N–H and O–H groups in total. The van der Waals surface area contributed by atoms with Gasteiger partial charge in [-0.2, -0.15) is 0 Å². The monoisotopic (exact) mass is 330 g/mol. The number of piperazine rings is 1. The fraction of sp³-hybridized carbons (Fsp3) is 0.529. The van der Waals surface area contributed by atoms with Crippen LogP contribution in [0.5, 0.6) is 0 Å². The van der Waals surface area contributed by atoms with Gasteiger partial charge in [0.05, 0.1) is 6.61 Å². The highest BCUT2D eigenvalue weighted by Crippen LogP contribution is 2.40. The Balaban J connectivity index is 1.39. The van der Waals surface area contributed by atoms with Gasteiger partial charge >= 0.3 is 6.03 Å². The van der Waals surface area contributed by atoms with Gasteiger partial charge in [0.25, 0.3) is 0 Å². The molecule has 4 rings (SSSR count). The minimum absolute atomic E-state index is 0.0973. The van der Waals surface area contributed by atoms with E-state index < -0.39 is 0 Å². The molecule has 2 aliphatic rings. The first-order valence-electron chi connectivity index (χ1n) is 8.52. The predicted octanol–water partition coefficient (Wildman–Crippen LogP) is 1.85. The number of anilines is 1. The van der Waals surface area contributed by atoms with Crippen LogP contribution < -0.4 is 5.32 Å². The van der Waals surface area contributed by atoms with Crippen LogP contribution in [0.4, 0.5) is 10.5 Å². The maximum Gasteiger partial charge on any atom is 0.321 e. The molecule has 128 valence electrons. The number of hydrogen-bond acceptors (Lipinski definition) is 5. The van der Waals surface area contributed by atoms with E-state index in [4.69, 9.17) is 9.52 Å². The number of amides is 2. The molecule has 1 saturated carbocycles. The average Bonchev–Trinajstić information content (AvgIpc) is 3.35. The first-order chi connectivity index (χ1) is 11.7. The Morgan fingerprint density at radius 1 is 1.29 bits per heavy atom. The molecule has 1 aliphatic carbocycles. The number of aliphatic hydroxyl groups excluding tert-OH is 1. The average molecular weight is 330 g/mol. The fourth-order valence-corrected chi connectivity index (χ4v) is 3.04. The molecule has 2 aromatic rings. The van der Waals surface area contributed by atoms with Crippen LogP contribution in [0.15, 0.2) is 22.6 Å². The molecule has 24 heavy (non-hydrogen) atoms. The van der Waals surface area contributed by atoms with Crippen molar-refractivity contribution in [1.29, 1.82) is 0 Å². The molecule has 2 fully saturated rings. The first kappa shape index (κ1) is 15.4. The van der Waals surface area contributed by atoms with Crippen LogP contribution in [0.25, 0.3) is 11.1 Å². The fourth-order valence-electron chi connectivity index (χ4n) is 3.04. The smallest absolute Gasteiger partial charge is 0.321 e. The Morgan fingerprint density at radius 3 is 2.79 bits per heavy atom. The summed E-state index contributed by atoms with van der Waals surface area (Å²) >= 11 is 0. The Labute approximate surface area is 140 Å². The van der Waals surface area contributed by atoms with E-state index in [2.05, 4.69) is 15.2 Å². The molecule has 0 atom stereocenters. The summed E-state index contributed by atoms with van der Waals surface area (Å²) in [5.41, 5.74) is 2.29. The number of β-amino-alcohol motifs (C(OH)–C–C–N with tert-alkyl or cyclic N) is 1. The third-order valence-corrected chi connectivity index (χ3v) is 4.66. The van der Waals surface area contributed by atoms with Gasteiger partial charge in [-0.25, -0.2) is 9.78 Å². The SMILES string of the molecule is O=C(Nc1ccc2nc(C3CC3)oc2c1)N1CCN(CCO)CC1. The van der Waals surface area contributed by atoms with Gasteiger partial charge in [0, 0.05) is 50.4 Å². The third kappa shape index (κ3) is 3.22. The van der Waals surface area contributed by atoms with E-state index >= 15 is 0 Å². The van der Waals surface area contributed by atoms with Crippen molar-refractivity contribution in [2.45, 2.75) is 18.8 Å². The lowest BCUT2D eigenvalue weighted by Crippen LogP contribution is -2.50. The van der Waals surface area contributed by atoms with Crippen LogP contribution in [-0.2, 0) is 0 Å². The molecule has 1 aromatic carbocycles. The number of hydrogen-bond donors (Lipinski definition) is 2. The van der Waals surface area contributed by atoms with Gasteiger partial charge < -0.3 is 19.7 Å². The molecule has 2 amide bonds. The molecule has 1 aliphatic heterocycles. The van der Waals surface area contributed by atoms with Crippen LogP contribution in [0.2, 0.25) is 0 Å².